The van der Waals surface area contributed by atoms with Crippen molar-refractivity contribution in [3.63, 3.8) is 0 Å². The molecule has 2 rings (SSSR count). The zero-order valence-corrected chi connectivity index (χ0v) is 12.8. The third-order valence-electron chi connectivity index (χ3n) is 2.97. The minimum Gasteiger partial charge on any atom is -0.396 e. The number of benzene rings is 2. The first-order chi connectivity index (χ1) is 9.95. The number of aryl methyl sites for hydroxylation is 2. The van der Waals surface area contributed by atoms with Gasteiger partial charge in [0.25, 0.3) is 0 Å². The molecule has 0 saturated carbocycles. The van der Waals surface area contributed by atoms with Crippen LogP contribution >= 0.6 is 11.8 Å². The van der Waals surface area contributed by atoms with E-state index in [-0.39, 0.29) is 11.6 Å². The number of carbonyl (C=O) groups is 1. The summed E-state index contributed by atoms with van der Waals surface area (Å²) in [5.41, 5.74) is 8.34. The first kappa shape index (κ1) is 15.4. The van der Waals surface area contributed by atoms with Gasteiger partial charge in [-0.05, 0) is 43.7 Å². The highest BCUT2D eigenvalue weighted by Crippen LogP contribution is 2.23. The fourth-order valence-corrected chi connectivity index (χ4v) is 2.73. The fourth-order valence-electron chi connectivity index (χ4n) is 1.92. The average molecular weight is 304 g/mol. The Morgan fingerprint density at radius 1 is 1.24 bits per heavy atom. The number of nitrogen functional groups attached to an aromatic ring is 1. The van der Waals surface area contributed by atoms with Crippen molar-refractivity contribution in [1.82, 2.24) is 0 Å². The molecule has 0 aromatic heterocycles. The Morgan fingerprint density at radius 2 is 2.00 bits per heavy atom. The third-order valence-corrected chi connectivity index (χ3v) is 4.14. The van der Waals surface area contributed by atoms with Gasteiger partial charge >= 0.3 is 0 Å². The smallest absolute Gasteiger partial charge is 0.234 e. The van der Waals surface area contributed by atoms with E-state index in [0.29, 0.717) is 11.4 Å². The molecule has 0 aliphatic carbocycles. The molecule has 0 aliphatic rings. The van der Waals surface area contributed by atoms with E-state index < -0.39 is 5.82 Å². The molecule has 110 valence electrons. The fraction of sp³-hybridized carbons (Fsp3) is 0.188. The number of rotatable bonds is 4. The molecule has 3 N–H and O–H groups in total. The lowest BCUT2D eigenvalue weighted by atomic mass is 10.2. The highest BCUT2D eigenvalue weighted by Gasteiger charge is 2.07. The number of nitrogens with one attached hydrogen (secondary N) is 1. The molecular formula is C16H17FN2OS. The monoisotopic (exact) mass is 304 g/mol. The third kappa shape index (κ3) is 4.23. The highest BCUT2D eigenvalue weighted by molar-refractivity contribution is 8.00. The molecule has 5 heteroatoms. The van der Waals surface area contributed by atoms with Crippen LogP contribution in [0.15, 0.2) is 41.3 Å². The number of hydrogen-bond donors (Lipinski definition) is 2. The molecule has 2 aromatic rings. The Morgan fingerprint density at radius 3 is 2.67 bits per heavy atom. The zero-order chi connectivity index (χ0) is 15.4. The number of amides is 1. The van der Waals surface area contributed by atoms with Crippen LogP contribution in [0.4, 0.5) is 15.8 Å². The van der Waals surface area contributed by atoms with Crippen LogP contribution in [-0.2, 0) is 4.79 Å². The first-order valence-electron chi connectivity index (χ1n) is 6.50. The van der Waals surface area contributed by atoms with Crippen LogP contribution in [0.5, 0.6) is 0 Å². The summed E-state index contributed by atoms with van der Waals surface area (Å²) in [5, 5.41) is 2.70. The summed E-state index contributed by atoms with van der Waals surface area (Å²) in [7, 11) is 0. The van der Waals surface area contributed by atoms with Crippen molar-refractivity contribution in [3.05, 3.63) is 53.3 Å². The summed E-state index contributed by atoms with van der Waals surface area (Å²) in [4.78, 5) is 13.0. The molecule has 0 spiro atoms. The van der Waals surface area contributed by atoms with Crippen LogP contribution in [0, 0.1) is 19.7 Å². The van der Waals surface area contributed by atoms with Crippen molar-refractivity contribution in [3.8, 4) is 0 Å². The minimum atomic E-state index is -0.488. The summed E-state index contributed by atoms with van der Waals surface area (Å²) in [6.45, 7) is 4.06. The normalized spacial score (nSPS) is 10.4. The van der Waals surface area contributed by atoms with Crippen LogP contribution in [0.25, 0.3) is 0 Å². The summed E-state index contributed by atoms with van der Waals surface area (Å²) in [5.74, 6) is -0.343. The lowest BCUT2D eigenvalue weighted by Crippen LogP contribution is -2.14. The van der Waals surface area contributed by atoms with E-state index >= 15 is 0 Å². The molecule has 1 amide bonds. The Hall–Kier alpha value is -2.01. The van der Waals surface area contributed by atoms with E-state index in [1.54, 1.807) is 0 Å². The molecular weight excluding hydrogens is 287 g/mol. The molecule has 3 nitrogen and oxygen atoms in total. The highest BCUT2D eigenvalue weighted by atomic mass is 32.2. The largest absolute Gasteiger partial charge is 0.396 e. The van der Waals surface area contributed by atoms with Crippen LogP contribution < -0.4 is 11.1 Å². The zero-order valence-electron chi connectivity index (χ0n) is 11.9. The molecule has 0 aliphatic heterocycles. The molecule has 0 radical (unpaired) electrons. The molecule has 0 bridgehead atoms. The predicted molar refractivity (Wildman–Crippen MR) is 86.1 cm³/mol. The van der Waals surface area contributed by atoms with Gasteiger partial charge in [-0.2, -0.15) is 0 Å². The SMILES string of the molecule is Cc1ccc(SCC(=O)Nc2ccc(F)c(N)c2)c(C)c1. The maximum atomic E-state index is 13.0. The van der Waals surface area contributed by atoms with Crippen LogP contribution in [0.2, 0.25) is 0 Å². The first-order valence-corrected chi connectivity index (χ1v) is 7.49. The standard InChI is InChI=1S/C16H17FN2OS/c1-10-3-6-15(11(2)7-10)21-9-16(20)19-12-4-5-13(17)14(18)8-12/h3-8H,9,18H2,1-2H3,(H,19,20). The topological polar surface area (TPSA) is 55.1 Å². The number of carbonyl (C=O) groups excluding carboxylic acids is 1. The molecule has 0 atom stereocenters. The Balaban J connectivity index is 1.94. The minimum absolute atomic E-state index is 0.0230. The number of thioether (sulfide) groups is 1. The van der Waals surface area contributed by atoms with Gasteiger partial charge in [0, 0.05) is 10.6 Å². The maximum absolute atomic E-state index is 13.0. The molecule has 0 fully saturated rings. The van der Waals surface area contributed by atoms with E-state index in [4.69, 9.17) is 5.73 Å². The van der Waals surface area contributed by atoms with Gasteiger partial charge in [0.2, 0.25) is 5.91 Å². The van der Waals surface area contributed by atoms with E-state index in [2.05, 4.69) is 11.4 Å². The Bertz CT molecular complexity index is 673. The van der Waals surface area contributed by atoms with Gasteiger partial charge in [-0.3, -0.25) is 4.79 Å². The van der Waals surface area contributed by atoms with Crippen molar-refractivity contribution in [1.29, 1.82) is 0 Å². The average Bonchev–Trinajstić information content (AvgIpc) is 2.42. The number of halogens is 1. The molecule has 0 unspecified atom stereocenters. The number of hydrogen-bond acceptors (Lipinski definition) is 3. The molecule has 2 aromatic carbocycles. The van der Waals surface area contributed by atoms with E-state index in [0.717, 1.165) is 10.5 Å². The number of anilines is 2. The van der Waals surface area contributed by atoms with Crippen molar-refractivity contribution in [2.75, 3.05) is 16.8 Å². The van der Waals surface area contributed by atoms with Gasteiger partial charge < -0.3 is 11.1 Å². The second-order valence-electron chi connectivity index (χ2n) is 4.84. The van der Waals surface area contributed by atoms with Gasteiger partial charge in [0.15, 0.2) is 0 Å². The Kier molecular flexibility index (Phi) is 4.85. The van der Waals surface area contributed by atoms with Crippen LogP contribution in [0.1, 0.15) is 11.1 Å². The summed E-state index contributed by atoms with van der Waals surface area (Å²) >= 11 is 1.47. The van der Waals surface area contributed by atoms with Crippen molar-refractivity contribution in [2.24, 2.45) is 0 Å². The van der Waals surface area contributed by atoms with Crippen LogP contribution in [-0.4, -0.2) is 11.7 Å². The second kappa shape index (κ2) is 6.63. The molecule has 21 heavy (non-hydrogen) atoms. The molecule has 0 saturated heterocycles. The van der Waals surface area contributed by atoms with Gasteiger partial charge in [-0.1, -0.05) is 17.7 Å². The van der Waals surface area contributed by atoms with Crippen molar-refractivity contribution >= 4 is 29.0 Å². The van der Waals surface area contributed by atoms with Crippen molar-refractivity contribution in [2.45, 2.75) is 18.7 Å². The summed E-state index contributed by atoms with van der Waals surface area (Å²) in [6, 6.07) is 10.3. The van der Waals surface area contributed by atoms with Crippen molar-refractivity contribution < 1.29 is 9.18 Å². The van der Waals surface area contributed by atoms with E-state index in [1.165, 1.54) is 35.5 Å². The summed E-state index contributed by atoms with van der Waals surface area (Å²) < 4.78 is 13.0. The van der Waals surface area contributed by atoms with E-state index in [9.17, 15) is 9.18 Å². The van der Waals surface area contributed by atoms with Gasteiger partial charge in [-0.15, -0.1) is 11.8 Å². The van der Waals surface area contributed by atoms with Gasteiger partial charge in [0.1, 0.15) is 5.82 Å². The molecule has 0 heterocycles. The maximum Gasteiger partial charge on any atom is 0.234 e. The van der Waals surface area contributed by atoms with Crippen LogP contribution in [0.3, 0.4) is 0 Å². The summed E-state index contributed by atoms with van der Waals surface area (Å²) in [6.07, 6.45) is 0. The Labute approximate surface area is 127 Å². The lowest BCUT2D eigenvalue weighted by Gasteiger charge is -2.08. The number of nitrogens with two attached hydrogens (primary N) is 1. The quantitative estimate of drug-likeness (QED) is 0.668. The van der Waals surface area contributed by atoms with Gasteiger partial charge in [0.05, 0.1) is 11.4 Å². The van der Waals surface area contributed by atoms with Gasteiger partial charge in [-0.25, -0.2) is 4.39 Å². The second-order valence-corrected chi connectivity index (χ2v) is 5.86. The van der Waals surface area contributed by atoms with E-state index in [1.807, 2.05) is 26.0 Å². The predicted octanol–water partition coefficient (Wildman–Crippen LogP) is 3.76. The lowest BCUT2D eigenvalue weighted by molar-refractivity contribution is -0.113.